The van der Waals surface area contributed by atoms with E-state index < -0.39 is 5.54 Å². The number of halogens is 2. The summed E-state index contributed by atoms with van der Waals surface area (Å²) in [7, 11) is 1.35. The van der Waals surface area contributed by atoms with E-state index >= 15 is 0 Å². The van der Waals surface area contributed by atoms with E-state index in [0.717, 1.165) is 4.47 Å². The summed E-state index contributed by atoms with van der Waals surface area (Å²) in [5.74, 6) is -0.425. The highest BCUT2D eigenvalue weighted by atomic mass is 79.9. The maximum Gasteiger partial charge on any atom is 0.326 e. The Balaban J connectivity index is 2.00. The molecule has 0 saturated heterocycles. The molecule has 0 heterocycles. The van der Waals surface area contributed by atoms with Crippen LogP contribution in [0.25, 0.3) is 0 Å². The van der Waals surface area contributed by atoms with E-state index in [2.05, 4.69) is 21.2 Å². The van der Waals surface area contributed by atoms with Gasteiger partial charge in [0.1, 0.15) is 5.54 Å². The van der Waals surface area contributed by atoms with E-state index in [1.165, 1.54) is 7.11 Å². The summed E-state index contributed by atoms with van der Waals surface area (Å²) in [4.78, 5) is 23.6. The number of benzene rings is 1. The highest BCUT2D eigenvalue weighted by Gasteiger charge is 2.51. The Hall–Kier alpha value is -0.910. The molecule has 1 fully saturated rings. The van der Waals surface area contributed by atoms with Gasteiger partial charge in [-0.05, 0) is 31.0 Å². The van der Waals surface area contributed by atoms with Gasteiger partial charge in [-0.1, -0.05) is 27.5 Å². The summed E-state index contributed by atoms with van der Waals surface area (Å²) in [6.07, 6.45) is 1.40. The molecular weight excluding hydrogens is 334 g/mol. The van der Waals surface area contributed by atoms with Crippen molar-refractivity contribution in [1.82, 2.24) is 5.32 Å². The number of carbonyl (C=O) groups excluding carboxylic acids is 2. The van der Waals surface area contributed by atoms with Crippen molar-refractivity contribution in [3.63, 3.8) is 0 Å². The zero-order chi connectivity index (χ0) is 14.0. The van der Waals surface area contributed by atoms with Gasteiger partial charge in [0.25, 0.3) is 0 Å². The molecule has 0 unspecified atom stereocenters. The lowest BCUT2D eigenvalue weighted by Crippen LogP contribution is -2.42. The molecule has 102 valence electrons. The normalized spacial score (nSPS) is 15.9. The summed E-state index contributed by atoms with van der Waals surface area (Å²) in [6, 6.07) is 5.02. The number of ether oxygens (including phenoxy) is 1. The van der Waals surface area contributed by atoms with Crippen LogP contribution in [0.3, 0.4) is 0 Å². The third-order valence-electron chi connectivity index (χ3n) is 3.10. The Kier molecular flexibility index (Phi) is 4.28. The molecule has 1 aliphatic carbocycles. The largest absolute Gasteiger partial charge is 0.468 e. The number of hydrogen-bond donors (Lipinski definition) is 1. The van der Waals surface area contributed by atoms with Crippen LogP contribution in [0.5, 0.6) is 0 Å². The third-order valence-corrected chi connectivity index (χ3v) is 3.77. The number of carbonyl (C=O) groups is 2. The van der Waals surface area contributed by atoms with Gasteiger partial charge in [-0.25, -0.2) is 0 Å². The molecule has 0 spiro atoms. The summed E-state index contributed by atoms with van der Waals surface area (Å²) in [6.45, 7) is 0.0852. The summed E-state index contributed by atoms with van der Waals surface area (Å²) < 4.78 is 5.46. The van der Waals surface area contributed by atoms with Gasteiger partial charge in [0.15, 0.2) is 5.78 Å². The Morgan fingerprint density at radius 2 is 2.11 bits per heavy atom. The third kappa shape index (κ3) is 3.35. The first kappa shape index (κ1) is 14.5. The Morgan fingerprint density at radius 1 is 1.42 bits per heavy atom. The van der Waals surface area contributed by atoms with Crippen LogP contribution in [0.1, 0.15) is 23.2 Å². The lowest BCUT2D eigenvalue weighted by Gasteiger charge is -2.14. The van der Waals surface area contributed by atoms with Gasteiger partial charge >= 0.3 is 5.97 Å². The van der Waals surface area contributed by atoms with Crippen molar-refractivity contribution >= 4 is 39.3 Å². The number of methoxy groups -OCH3 is 1. The Labute approximate surface area is 124 Å². The van der Waals surface area contributed by atoms with E-state index in [0.29, 0.717) is 23.4 Å². The number of ketones is 1. The van der Waals surface area contributed by atoms with Crippen LogP contribution >= 0.6 is 27.5 Å². The van der Waals surface area contributed by atoms with Gasteiger partial charge < -0.3 is 4.74 Å². The molecule has 1 aliphatic rings. The van der Waals surface area contributed by atoms with Crippen LogP contribution in [0.4, 0.5) is 0 Å². The van der Waals surface area contributed by atoms with Crippen LogP contribution in [0.15, 0.2) is 22.7 Å². The number of Topliss-reactive ketones (excluding diaryl/α,β-unsaturated/α-hetero) is 1. The molecule has 0 atom stereocenters. The second kappa shape index (κ2) is 5.61. The van der Waals surface area contributed by atoms with E-state index in [1.54, 1.807) is 18.2 Å². The van der Waals surface area contributed by atoms with E-state index in [-0.39, 0.29) is 18.3 Å². The van der Waals surface area contributed by atoms with Crippen LogP contribution in [0, 0.1) is 0 Å². The minimum atomic E-state index is -0.666. The fourth-order valence-corrected chi connectivity index (χ4v) is 2.70. The quantitative estimate of drug-likeness (QED) is 0.658. The smallest absolute Gasteiger partial charge is 0.326 e. The molecule has 1 saturated carbocycles. The van der Waals surface area contributed by atoms with E-state index in [9.17, 15) is 9.59 Å². The van der Waals surface area contributed by atoms with Crippen molar-refractivity contribution < 1.29 is 14.3 Å². The van der Waals surface area contributed by atoms with Gasteiger partial charge in [0.05, 0.1) is 13.7 Å². The van der Waals surface area contributed by atoms with Gasteiger partial charge in [-0.3, -0.25) is 14.9 Å². The monoisotopic (exact) mass is 345 g/mol. The molecule has 0 bridgehead atoms. The topological polar surface area (TPSA) is 55.4 Å². The lowest BCUT2D eigenvalue weighted by molar-refractivity contribution is -0.144. The molecule has 1 N–H and O–H groups in total. The summed E-state index contributed by atoms with van der Waals surface area (Å²) >= 11 is 9.18. The van der Waals surface area contributed by atoms with Gasteiger partial charge in [-0.2, -0.15) is 0 Å². The fourth-order valence-electron chi connectivity index (χ4n) is 1.84. The molecule has 0 aliphatic heterocycles. The molecule has 1 aromatic rings. The predicted molar refractivity (Wildman–Crippen MR) is 75.5 cm³/mol. The first-order chi connectivity index (χ1) is 8.97. The van der Waals surface area contributed by atoms with Crippen molar-refractivity contribution in [2.75, 3.05) is 13.7 Å². The van der Waals surface area contributed by atoms with Crippen molar-refractivity contribution in [3.8, 4) is 0 Å². The van der Waals surface area contributed by atoms with E-state index in [4.69, 9.17) is 16.3 Å². The molecule has 6 heteroatoms. The molecule has 0 aromatic heterocycles. The van der Waals surface area contributed by atoms with Gasteiger partial charge in [0, 0.05) is 15.1 Å². The van der Waals surface area contributed by atoms with Crippen molar-refractivity contribution in [1.29, 1.82) is 0 Å². The van der Waals surface area contributed by atoms with Crippen molar-refractivity contribution in [2.45, 2.75) is 18.4 Å². The SMILES string of the molecule is COC(=O)C1(NCC(=O)c2cc(Cl)cc(Br)c2)CC1. The Bertz CT molecular complexity index is 508. The number of hydrogen-bond acceptors (Lipinski definition) is 4. The number of esters is 1. The molecule has 1 aromatic carbocycles. The summed E-state index contributed by atoms with van der Waals surface area (Å²) in [5, 5.41) is 3.47. The van der Waals surface area contributed by atoms with Gasteiger partial charge in [0.2, 0.25) is 0 Å². The van der Waals surface area contributed by atoms with Gasteiger partial charge in [-0.15, -0.1) is 0 Å². The molecule has 4 nitrogen and oxygen atoms in total. The first-order valence-electron chi connectivity index (χ1n) is 5.79. The average Bonchev–Trinajstić information content (AvgIpc) is 3.15. The maximum atomic E-state index is 12.0. The second-order valence-corrected chi connectivity index (χ2v) is 5.86. The minimum absolute atomic E-state index is 0.0852. The zero-order valence-corrected chi connectivity index (χ0v) is 12.7. The minimum Gasteiger partial charge on any atom is -0.468 e. The van der Waals surface area contributed by atoms with Crippen LogP contribution < -0.4 is 5.32 Å². The Morgan fingerprint density at radius 3 is 2.63 bits per heavy atom. The fraction of sp³-hybridized carbons (Fsp3) is 0.385. The maximum absolute atomic E-state index is 12.0. The van der Waals surface area contributed by atoms with E-state index in [1.807, 2.05) is 0 Å². The highest BCUT2D eigenvalue weighted by Crippen LogP contribution is 2.36. The van der Waals surface area contributed by atoms with Crippen LogP contribution in [0.2, 0.25) is 5.02 Å². The molecule has 0 radical (unpaired) electrons. The molecule has 0 amide bonds. The first-order valence-corrected chi connectivity index (χ1v) is 6.97. The standard InChI is InChI=1S/C13H13BrClNO3/c1-19-12(18)13(2-3-13)16-7-11(17)8-4-9(14)6-10(15)5-8/h4-6,16H,2-3,7H2,1H3. The zero-order valence-electron chi connectivity index (χ0n) is 10.3. The molecule has 19 heavy (non-hydrogen) atoms. The highest BCUT2D eigenvalue weighted by molar-refractivity contribution is 9.10. The van der Waals surface area contributed by atoms with Crippen LogP contribution in [-0.4, -0.2) is 30.9 Å². The second-order valence-electron chi connectivity index (χ2n) is 4.51. The van der Waals surface area contributed by atoms with Crippen molar-refractivity contribution in [2.24, 2.45) is 0 Å². The molecular formula is C13H13BrClNO3. The number of rotatable bonds is 5. The summed E-state index contributed by atoms with van der Waals surface area (Å²) in [5.41, 5.74) is -0.159. The van der Waals surface area contributed by atoms with Crippen LogP contribution in [-0.2, 0) is 9.53 Å². The number of nitrogens with one attached hydrogen (secondary N) is 1. The average molecular weight is 347 g/mol. The predicted octanol–water partition coefficient (Wildman–Crippen LogP) is 2.58. The lowest BCUT2D eigenvalue weighted by atomic mass is 10.1. The van der Waals surface area contributed by atoms with Crippen molar-refractivity contribution in [3.05, 3.63) is 33.3 Å². The molecule has 2 rings (SSSR count).